The largest absolute Gasteiger partial charge is 0.313 e. The third-order valence-electron chi connectivity index (χ3n) is 12.3. The van der Waals surface area contributed by atoms with Gasteiger partial charge in [-0.1, -0.05) is 54.6 Å². The van der Waals surface area contributed by atoms with Gasteiger partial charge in [0, 0.05) is 95.6 Å². The average molecular weight is 1560 g/mol. The van der Waals surface area contributed by atoms with Gasteiger partial charge in [0.2, 0.25) is 5.95 Å². The van der Waals surface area contributed by atoms with Crippen LogP contribution in [0, 0.1) is 59.7 Å². The Bertz CT molecular complexity index is 3380. The zero-order valence-corrected chi connectivity index (χ0v) is 50.2. The summed E-state index contributed by atoms with van der Waals surface area (Å²) in [6.45, 7) is 12.5. The molecule has 0 atom stereocenters. The van der Waals surface area contributed by atoms with Crippen molar-refractivity contribution in [3.8, 4) is 85.8 Å². The van der Waals surface area contributed by atoms with Crippen LogP contribution in [-0.2, 0) is 60.3 Å². The molecule has 0 N–H and O–H groups in total. The summed E-state index contributed by atoms with van der Waals surface area (Å²) >= 11 is 0. The van der Waals surface area contributed by atoms with Crippen LogP contribution in [0.3, 0.4) is 0 Å². The topological polar surface area (TPSA) is 169 Å². The molecular weight excluding hydrogens is 1510 g/mol. The molecule has 6 aromatic heterocycles. The SMILES string of the molecule is Cc1cccc(C)c1-c1nnc(-c2[c-]cccc2)n1-c1ccncn1.Cc1cccc(C)c1-c1nnc(-c2[c-]cccc2)n1-c1cncnc1.Cc1cccc(C)c1-c1nnc(-c2[c-]cccc2)n1-c1ncccn1.[Ir].[Ir].[Ir]. The van der Waals surface area contributed by atoms with Crippen molar-refractivity contribution in [2.75, 3.05) is 0 Å². The van der Waals surface area contributed by atoms with Crippen LogP contribution in [0.1, 0.15) is 33.4 Å². The van der Waals surface area contributed by atoms with E-state index in [1.807, 2.05) is 111 Å². The molecule has 0 unspecified atom stereocenters. The summed E-state index contributed by atoms with van der Waals surface area (Å²) in [4.78, 5) is 25.6. The molecule has 0 saturated carbocycles. The number of benzene rings is 6. The Hall–Kier alpha value is -8.07. The number of hydrogen-bond donors (Lipinski definition) is 0. The first-order valence-corrected chi connectivity index (χ1v) is 24.0. The Kier molecular flexibility index (Phi) is 19.8. The Labute approximate surface area is 492 Å². The van der Waals surface area contributed by atoms with Crippen molar-refractivity contribution in [2.24, 2.45) is 0 Å². The van der Waals surface area contributed by atoms with Crippen molar-refractivity contribution in [3.05, 3.63) is 235 Å². The van der Waals surface area contributed by atoms with Crippen molar-refractivity contribution >= 4 is 0 Å². The maximum atomic E-state index is 4.50. The molecule has 0 aliphatic heterocycles. The van der Waals surface area contributed by atoms with E-state index in [-0.39, 0.29) is 60.3 Å². The summed E-state index contributed by atoms with van der Waals surface area (Å²) in [6.07, 6.45) is 11.7. The van der Waals surface area contributed by atoms with E-state index in [0.29, 0.717) is 23.4 Å². The number of aryl methyl sites for hydroxylation is 6. The van der Waals surface area contributed by atoms with E-state index >= 15 is 0 Å². The fraction of sp³-hybridized carbons (Fsp3) is 0.100. The first-order chi connectivity index (χ1) is 36.8. The second-order valence-corrected chi connectivity index (χ2v) is 17.4. The van der Waals surface area contributed by atoms with Crippen LogP contribution in [0.4, 0.5) is 0 Å². The van der Waals surface area contributed by atoms with E-state index < -0.39 is 0 Å². The van der Waals surface area contributed by atoms with Crippen LogP contribution >= 0.6 is 0 Å². The monoisotopic (exact) mass is 1560 g/mol. The molecule has 0 spiro atoms. The van der Waals surface area contributed by atoms with Crippen LogP contribution in [0.5, 0.6) is 0 Å². The molecule has 393 valence electrons. The number of hydrogen-bond acceptors (Lipinski definition) is 12. The molecule has 18 heteroatoms. The fourth-order valence-corrected chi connectivity index (χ4v) is 8.84. The van der Waals surface area contributed by atoms with E-state index in [1.165, 1.54) is 12.7 Å². The van der Waals surface area contributed by atoms with Gasteiger partial charge in [-0.25, -0.2) is 29.9 Å². The van der Waals surface area contributed by atoms with Crippen LogP contribution in [0.25, 0.3) is 85.8 Å². The second-order valence-electron chi connectivity index (χ2n) is 17.4. The number of nitrogens with zero attached hydrogens (tertiary/aromatic N) is 15. The van der Waals surface area contributed by atoms with Gasteiger partial charge >= 0.3 is 0 Å². The normalized spacial score (nSPS) is 10.4. The molecular formula is C60H48Ir3N15-3. The van der Waals surface area contributed by atoms with Crippen LogP contribution in [0.15, 0.2) is 183 Å². The molecule has 3 radical (unpaired) electrons. The first kappa shape index (κ1) is 57.6. The molecule has 0 aliphatic rings. The summed E-state index contributed by atoms with van der Waals surface area (Å²) < 4.78 is 5.84. The van der Waals surface area contributed by atoms with E-state index in [4.69, 9.17) is 0 Å². The van der Waals surface area contributed by atoms with Gasteiger partial charge in [0.1, 0.15) is 18.5 Å². The van der Waals surface area contributed by atoms with Crippen molar-refractivity contribution in [2.45, 2.75) is 41.5 Å². The molecule has 12 rings (SSSR count). The average Bonchev–Trinajstić information content (AvgIpc) is 4.26. The smallest absolute Gasteiger partial charge is 0.228 e. The standard InChI is InChI=1S/3C20H16N5.3Ir/c1-14-8-6-9-15(2)17(14)19-24-23-18(16-10-4-3-5-11-16)25(19)20-21-12-7-13-22-20;1-14-7-6-8-15(2)18(14)20-24-23-19(16-9-4-3-5-10-16)25(20)17-11-21-13-22-12-17;1-14-7-6-8-15(2)18(14)20-24-23-19(16-9-4-3-5-10-16)25(20)17-11-12-21-13-22-17;;;/h3-10,12-13H,1-2H3;2*3-9,11-13H,1-2H3;;;/q3*-1;;;. The molecule has 78 heavy (non-hydrogen) atoms. The number of rotatable bonds is 9. The molecule has 15 nitrogen and oxygen atoms in total. The third-order valence-corrected chi connectivity index (χ3v) is 12.3. The second kappa shape index (κ2) is 26.8. The van der Waals surface area contributed by atoms with Gasteiger partial charge < -0.3 is 9.13 Å². The van der Waals surface area contributed by atoms with Gasteiger partial charge in [-0.3, -0.25) is 4.57 Å². The Balaban J connectivity index is 0.000000166. The maximum Gasteiger partial charge on any atom is 0.228 e. The first-order valence-electron chi connectivity index (χ1n) is 24.0. The Morgan fingerprint density at radius 1 is 0.333 bits per heavy atom. The van der Waals surface area contributed by atoms with Crippen LogP contribution < -0.4 is 0 Å². The molecule has 0 saturated heterocycles. The van der Waals surface area contributed by atoms with E-state index in [2.05, 4.69) is 157 Å². The molecule has 6 aromatic carbocycles. The Morgan fingerprint density at radius 2 is 0.718 bits per heavy atom. The minimum Gasteiger partial charge on any atom is -0.313 e. The summed E-state index contributed by atoms with van der Waals surface area (Å²) in [5.41, 5.74) is 13.4. The van der Waals surface area contributed by atoms with Gasteiger partial charge in [0.05, 0.1) is 35.6 Å². The van der Waals surface area contributed by atoms with Crippen molar-refractivity contribution in [1.82, 2.24) is 74.2 Å². The minimum absolute atomic E-state index is 0. The van der Waals surface area contributed by atoms with Gasteiger partial charge in [0.25, 0.3) is 0 Å². The molecule has 0 amide bonds. The Morgan fingerprint density at radius 3 is 1.12 bits per heavy atom. The van der Waals surface area contributed by atoms with E-state index in [1.54, 1.807) is 37.1 Å². The van der Waals surface area contributed by atoms with Gasteiger partial charge in [0.15, 0.2) is 17.5 Å². The van der Waals surface area contributed by atoms with E-state index in [9.17, 15) is 0 Å². The third kappa shape index (κ3) is 12.4. The fourth-order valence-electron chi connectivity index (χ4n) is 8.84. The van der Waals surface area contributed by atoms with Gasteiger partial charge in [-0.05, 0) is 87.1 Å². The summed E-state index contributed by atoms with van der Waals surface area (Å²) in [5, 5.41) is 26.8. The molecule has 0 fully saturated rings. The molecule has 0 aliphatic carbocycles. The van der Waals surface area contributed by atoms with Crippen LogP contribution in [-0.4, -0.2) is 74.2 Å². The van der Waals surface area contributed by atoms with Crippen LogP contribution in [0.2, 0.25) is 0 Å². The molecule has 6 heterocycles. The quantitative estimate of drug-likeness (QED) is 0.126. The minimum atomic E-state index is 0. The predicted octanol–water partition coefficient (Wildman–Crippen LogP) is 11.4. The van der Waals surface area contributed by atoms with Gasteiger partial charge in [-0.15, -0.1) is 123 Å². The number of aromatic nitrogens is 15. The van der Waals surface area contributed by atoms with Crippen molar-refractivity contribution in [1.29, 1.82) is 0 Å². The van der Waals surface area contributed by atoms with Crippen molar-refractivity contribution in [3.63, 3.8) is 0 Å². The molecule has 12 aromatic rings. The zero-order valence-electron chi connectivity index (χ0n) is 43.0. The summed E-state index contributed by atoms with van der Waals surface area (Å²) in [5.74, 6) is 5.63. The van der Waals surface area contributed by atoms with E-state index in [0.717, 1.165) is 95.7 Å². The predicted molar refractivity (Wildman–Crippen MR) is 288 cm³/mol. The summed E-state index contributed by atoms with van der Waals surface area (Å²) in [7, 11) is 0. The maximum absolute atomic E-state index is 4.50. The van der Waals surface area contributed by atoms with Gasteiger partial charge in [-0.2, -0.15) is 15.3 Å². The summed E-state index contributed by atoms with van der Waals surface area (Å²) in [6, 6.07) is 55.1. The molecule has 0 bridgehead atoms. The zero-order chi connectivity index (χ0) is 51.7. The van der Waals surface area contributed by atoms with Crippen molar-refractivity contribution < 1.29 is 60.3 Å².